The fourth-order valence-electron chi connectivity index (χ4n) is 3.52. The molecule has 0 atom stereocenters. The molecule has 6 nitrogen and oxygen atoms in total. The number of para-hydroxylation sites is 2. The van der Waals surface area contributed by atoms with Crippen molar-refractivity contribution in [2.24, 2.45) is 0 Å². The average molecular weight is 432 g/mol. The molecular weight excluding hydrogens is 417 g/mol. The molecule has 3 N–H and O–H groups in total. The fourth-order valence-corrected chi connectivity index (χ4v) is 3.71. The first kappa shape index (κ1) is 19.0. The van der Waals surface area contributed by atoms with Gasteiger partial charge in [-0.1, -0.05) is 35.9 Å². The van der Waals surface area contributed by atoms with E-state index in [1.54, 1.807) is 28.8 Å². The van der Waals surface area contributed by atoms with Gasteiger partial charge in [0.05, 0.1) is 16.7 Å². The number of benzene rings is 3. The number of nitrogens with two attached hydrogens (primary N) is 1. The van der Waals surface area contributed by atoms with Gasteiger partial charge in [-0.05, 0) is 48.5 Å². The molecule has 5 aromatic rings. The summed E-state index contributed by atoms with van der Waals surface area (Å²) in [5.74, 6) is -0.821. The molecule has 0 aliphatic carbocycles. The molecule has 1 amide bonds. The molecule has 0 aliphatic heterocycles. The monoisotopic (exact) mass is 431 g/mol. The van der Waals surface area contributed by atoms with Crippen LogP contribution in [0.4, 0.5) is 15.9 Å². The molecule has 0 saturated heterocycles. The highest BCUT2D eigenvalue weighted by Gasteiger charge is 2.25. The third-order valence-electron chi connectivity index (χ3n) is 4.87. The van der Waals surface area contributed by atoms with Gasteiger partial charge in [0.15, 0.2) is 5.65 Å². The van der Waals surface area contributed by atoms with Crippen molar-refractivity contribution in [2.45, 2.75) is 0 Å². The maximum absolute atomic E-state index is 13.6. The van der Waals surface area contributed by atoms with Gasteiger partial charge in [-0.25, -0.2) is 14.4 Å². The molecule has 152 valence electrons. The van der Waals surface area contributed by atoms with Crippen LogP contribution in [0.5, 0.6) is 0 Å². The van der Waals surface area contributed by atoms with Gasteiger partial charge in [0.2, 0.25) is 0 Å². The first-order valence-corrected chi connectivity index (χ1v) is 9.78. The van der Waals surface area contributed by atoms with Crippen LogP contribution < -0.4 is 11.1 Å². The molecule has 8 heteroatoms. The van der Waals surface area contributed by atoms with E-state index in [0.29, 0.717) is 38.6 Å². The first-order chi connectivity index (χ1) is 15.0. The standard InChI is InChI=1S/C23H15ClFN5O/c24-13-5-3-8-16(11-13)30-21(26)19(23(31)27-15-7-4-6-14(25)12-15)20-22(30)29-18-10-2-1-9-17(18)28-20/h1-12H,26H2,(H,27,31). The molecule has 31 heavy (non-hydrogen) atoms. The third kappa shape index (κ3) is 3.35. The Morgan fingerprint density at radius 1 is 0.968 bits per heavy atom. The van der Waals surface area contributed by atoms with Crippen molar-refractivity contribution in [3.8, 4) is 5.69 Å². The highest BCUT2D eigenvalue weighted by atomic mass is 35.5. The Kier molecular flexibility index (Phi) is 4.52. The summed E-state index contributed by atoms with van der Waals surface area (Å²) < 4.78 is 15.2. The molecule has 0 unspecified atom stereocenters. The predicted octanol–water partition coefficient (Wildman–Crippen LogP) is 5.20. The highest BCUT2D eigenvalue weighted by molar-refractivity contribution is 6.30. The van der Waals surface area contributed by atoms with Crippen LogP contribution in [0.25, 0.3) is 27.9 Å². The van der Waals surface area contributed by atoms with Gasteiger partial charge in [-0.3, -0.25) is 9.36 Å². The number of carbonyl (C=O) groups excluding carboxylic acids is 1. The van der Waals surface area contributed by atoms with E-state index in [1.807, 2.05) is 30.3 Å². The smallest absolute Gasteiger partial charge is 0.261 e. The third-order valence-corrected chi connectivity index (χ3v) is 5.11. The molecule has 5 rings (SSSR count). The second kappa shape index (κ2) is 7.37. The largest absolute Gasteiger partial charge is 0.384 e. The van der Waals surface area contributed by atoms with Gasteiger partial charge < -0.3 is 11.1 Å². The van der Waals surface area contributed by atoms with E-state index >= 15 is 0 Å². The second-order valence-corrected chi connectivity index (χ2v) is 7.36. The van der Waals surface area contributed by atoms with E-state index in [4.69, 9.17) is 22.3 Å². The number of anilines is 2. The Balaban J connectivity index is 1.76. The molecule has 3 aromatic carbocycles. The van der Waals surface area contributed by atoms with E-state index in [2.05, 4.69) is 10.3 Å². The summed E-state index contributed by atoms with van der Waals surface area (Å²) in [6.07, 6.45) is 0. The minimum atomic E-state index is -0.515. The number of fused-ring (bicyclic) bond motifs is 2. The summed E-state index contributed by atoms with van der Waals surface area (Å²) in [6.45, 7) is 0. The topological polar surface area (TPSA) is 85.8 Å². The summed E-state index contributed by atoms with van der Waals surface area (Å²) in [5, 5.41) is 3.20. The molecule has 0 fully saturated rings. The molecule has 0 aliphatic rings. The lowest BCUT2D eigenvalue weighted by molar-refractivity contribution is 0.102. The van der Waals surface area contributed by atoms with Crippen LogP contribution in [-0.4, -0.2) is 20.4 Å². The van der Waals surface area contributed by atoms with Crippen molar-refractivity contribution in [2.75, 3.05) is 11.1 Å². The second-order valence-electron chi connectivity index (χ2n) is 6.92. The van der Waals surface area contributed by atoms with E-state index in [1.165, 1.54) is 18.2 Å². The zero-order valence-corrected chi connectivity index (χ0v) is 16.8. The Hall–Kier alpha value is -3.97. The number of rotatable bonds is 3. The number of amides is 1. The number of nitrogen functional groups attached to an aromatic ring is 1. The molecule has 0 radical (unpaired) electrons. The van der Waals surface area contributed by atoms with Crippen LogP contribution in [0, 0.1) is 5.82 Å². The van der Waals surface area contributed by atoms with Crippen LogP contribution in [0.15, 0.2) is 72.8 Å². The van der Waals surface area contributed by atoms with Crippen molar-refractivity contribution in [3.63, 3.8) is 0 Å². The van der Waals surface area contributed by atoms with Crippen LogP contribution >= 0.6 is 11.6 Å². The van der Waals surface area contributed by atoms with Gasteiger partial charge in [0.1, 0.15) is 22.7 Å². The van der Waals surface area contributed by atoms with Crippen molar-refractivity contribution in [1.82, 2.24) is 14.5 Å². The average Bonchev–Trinajstić information content (AvgIpc) is 3.02. The molecule has 2 aromatic heterocycles. The number of nitrogens with one attached hydrogen (secondary N) is 1. The summed E-state index contributed by atoms with van der Waals surface area (Å²) in [7, 11) is 0. The van der Waals surface area contributed by atoms with Gasteiger partial charge in [-0.2, -0.15) is 0 Å². The molecular formula is C23H15ClFN5O. The van der Waals surface area contributed by atoms with Crippen molar-refractivity contribution in [3.05, 3.63) is 89.2 Å². The van der Waals surface area contributed by atoms with E-state index < -0.39 is 11.7 Å². The number of hydrogen-bond acceptors (Lipinski definition) is 4. The van der Waals surface area contributed by atoms with Crippen LogP contribution in [0.1, 0.15) is 10.4 Å². The number of halogens is 2. The number of nitrogens with zero attached hydrogens (tertiary/aromatic N) is 3. The Labute approximate surface area is 181 Å². The molecule has 0 spiro atoms. The Bertz CT molecular complexity index is 1480. The molecule has 2 heterocycles. The van der Waals surface area contributed by atoms with Crippen molar-refractivity contribution < 1.29 is 9.18 Å². The SMILES string of the molecule is Nc1c(C(=O)Nc2cccc(F)c2)c2nc3ccccc3nc2n1-c1cccc(Cl)c1. The van der Waals surface area contributed by atoms with Gasteiger partial charge >= 0.3 is 0 Å². The quantitative estimate of drug-likeness (QED) is 0.411. The molecule has 0 bridgehead atoms. The zero-order chi connectivity index (χ0) is 21.5. The Morgan fingerprint density at radius 2 is 1.71 bits per heavy atom. The normalized spacial score (nSPS) is 11.2. The number of carbonyl (C=O) groups is 1. The maximum Gasteiger partial charge on any atom is 0.261 e. The lowest BCUT2D eigenvalue weighted by Crippen LogP contribution is -2.14. The van der Waals surface area contributed by atoms with Gasteiger partial charge in [-0.15, -0.1) is 0 Å². The fraction of sp³-hybridized carbons (Fsp3) is 0. The van der Waals surface area contributed by atoms with E-state index in [9.17, 15) is 9.18 Å². The van der Waals surface area contributed by atoms with E-state index in [0.717, 1.165) is 0 Å². The number of hydrogen-bond donors (Lipinski definition) is 2. The van der Waals surface area contributed by atoms with Crippen LogP contribution in [-0.2, 0) is 0 Å². The lowest BCUT2D eigenvalue weighted by atomic mass is 10.2. The van der Waals surface area contributed by atoms with Crippen molar-refractivity contribution in [1.29, 1.82) is 0 Å². The van der Waals surface area contributed by atoms with Gasteiger partial charge in [0, 0.05) is 10.7 Å². The van der Waals surface area contributed by atoms with Crippen LogP contribution in [0.2, 0.25) is 5.02 Å². The zero-order valence-electron chi connectivity index (χ0n) is 16.0. The first-order valence-electron chi connectivity index (χ1n) is 9.41. The minimum Gasteiger partial charge on any atom is -0.384 e. The minimum absolute atomic E-state index is 0.150. The summed E-state index contributed by atoms with van der Waals surface area (Å²) >= 11 is 6.18. The van der Waals surface area contributed by atoms with Crippen molar-refractivity contribution >= 4 is 51.2 Å². The summed E-state index contributed by atoms with van der Waals surface area (Å²) in [4.78, 5) is 22.5. The maximum atomic E-state index is 13.6. The highest BCUT2D eigenvalue weighted by Crippen LogP contribution is 2.32. The molecule has 0 saturated carbocycles. The van der Waals surface area contributed by atoms with Crippen LogP contribution in [0.3, 0.4) is 0 Å². The van der Waals surface area contributed by atoms with E-state index in [-0.39, 0.29) is 11.4 Å². The van der Waals surface area contributed by atoms with Gasteiger partial charge in [0.25, 0.3) is 5.91 Å². The summed E-state index contributed by atoms with van der Waals surface area (Å²) in [6, 6.07) is 20.0. The summed E-state index contributed by atoms with van der Waals surface area (Å²) in [5.41, 5.74) is 9.59. The number of aromatic nitrogens is 3. The predicted molar refractivity (Wildman–Crippen MR) is 120 cm³/mol. The lowest BCUT2D eigenvalue weighted by Gasteiger charge is -2.08. The Morgan fingerprint density at radius 3 is 2.45 bits per heavy atom.